The first kappa shape index (κ1) is 18.7. The standard InChI is InChI=1S/C16H12Cl2N2O5/c17-12-5-4-10(7-13(12)18)16(23)19-14(8-15(21)22)9-2-1-3-11(6-9)20(24)25/h1-7,14H,8H2,(H,19,23)(H,21,22). The van der Waals surface area contributed by atoms with E-state index in [1.165, 1.54) is 42.5 Å². The fourth-order valence-electron chi connectivity index (χ4n) is 2.16. The molecule has 0 spiro atoms. The molecule has 1 amide bonds. The van der Waals surface area contributed by atoms with Gasteiger partial charge < -0.3 is 10.4 Å². The van der Waals surface area contributed by atoms with Crippen LogP contribution in [-0.4, -0.2) is 21.9 Å². The van der Waals surface area contributed by atoms with Crippen molar-refractivity contribution in [3.05, 3.63) is 73.8 Å². The van der Waals surface area contributed by atoms with Crippen molar-refractivity contribution in [1.29, 1.82) is 0 Å². The first-order valence-electron chi connectivity index (χ1n) is 7.00. The molecule has 0 heterocycles. The van der Waals surface area contributed by atoms with E-state index in [0.717, 1.165) is 0 Å². The highest BCUT2D eigenvalue weighted by molar-refractivity contribution is 6.42. The van der Waals surface area contributed by atoms with Crippen molar-refractivity contribution in [3.63, 3.8) is 0 Å². The summed E-state index contributed by atoms with van der Waals surface area (Å²) in [4.78, 5) is 33.7. The van der Waals surface area contributed by atoms with Crippen LogP contribution in [0.3, 0.4) is 0 Å². The third kappa shape index (κ3) is 4.91. The lowest BCUT2D eigenvalue weighted by molar-refractivity contribution is -0.384. The molecule has 2 rings (SSSR count). The van der Waals surface area contributed by atoms with Gasteiger partial charge in [0.25, 0.3) is 11.6 Å². The molecule has 2 aromatic carbocycles. The molecule has 25 heavy (non-hydrogen) atoms. The molecule has 1 atom stereocenters. The maximum absolute atomic E-state index is 12.4. The lowest BCUT2D eigenvalue weighted by Gasteiger charge is -2.17. The first-order valence-corrected chi connectivity index (χ1v) is 7.75. The van der Waals surface area contributed by atoms with Crippen LogP contribution in [0.1, 0.15) is 28.4 Å². The molecule has 2 N–H and O–H groups in total. The minimum absolute atomic E-state index is 0.180. The van der Waals surface area contributed by atoms with Gasteiger partial charge >= 0.3 is 5.97 Å². The second kappa shape index (κ2) is 7.96. The summed E-state index contributed by atoms with van der Waals surface area (Å²) in [6, 6.07) is 8.73. The number of rotatable bonds is 6. The summed E-state index contributed by atoms with van der Waals surface area (Å²) < 4.78 is 0. The molecular formula is C16H12Cl2N2O5. The summed E-state index contributed by atoms with van der Waals surface area (Å²) in [5.41, 5.74) is 0.303. The molecule has 0 saturated heterocycles. The number of hydrogen-bond donors (Lipinski definition) is 2. The molecular weight excluding hydrogens is 371 g/mol. The highest BCUT2D eigenvalue weighted by atomic mass is 35.5. The van der Waals surface area contributed by atoms with Gasteiger partial charge in [0.05, 0.1) is 27.4 Å². The average Bonchev–Trinajstić information content (AvgIpc) is 2.56. The van der Waals surface area contributed by atoms with Crippen molar-refractivity contribution in [2.45, 2.75) is 12.5 Å². The lowest BCUT2D eigenvalue weighted by atomic mass is 10.0. The van der Waals surface area contributed by atoms with Gasteiger partial charge in [-0.1, -0.05) is 35.3 Å². The average molecular weight is 383 g/mol. The number of amides is 1. The van der Waals surface area contributed by atoms with Crippen LogP contribution >= 0.6 is 23.2 Å². The van der Waals surface area contributed by atoms with Crippen LogP contribution in [0.5, 0.6) is 0 Å². The Labute approximate surface area is 152 Å². The van der Waals surface area contributed by atoms with E-state index in [2.05, 4.69) is 5.32 Å². The number of carbonyl (C=O) groups is 2. The number of nitro benzene ring substituents is 1. The quantitative estimate of drug-likeness (QED) is 0.582. The molecule has 0 aromatic heterocycles. The molecule has 0 aliphatic rings. The van der Waals surface area contributed by atoms with Crippen molar-refractivity contribution in [3.8, 4) is 0 Å². The zero-order valence-corrected chi connectivity index (χ0v) is 14.1. The van der Waals surface area contributed by atoms with Crippen LogP contribution in [0.25, 0.3) is 0 Å². The molecule has 130 valence electrons. The summed E-state index contributed by atoms with van der Waals surface area (Å²) in [7, 11) is 0. The number of non-ortho nitro benzene ring substituents is 1. The molecule has 0 bridgehead atoms. The van der Waals surface area contributed by atoms with E-state index < -0.39 is 29.3 Å². The Kier molecular flexibility index (Phi) is 5.95. The number of carboxylic acids is 1. The van der Waals surface area contributed by atoms with Crippen molar-refractivity contribution in [2.24, 2.45) is 0 Å². The number of nitrogens with one attached hydrogen (secondary N) is 1. The Morgan fingerprint density at radius 2 is 1.88 bits per heavy atom. The second-order valence-electron chi connectivity index (χ2n) is 5.10. The van der Waals surface area contributed by atoms with Gasteiger partial charge in [-0.05, 0) is 23.8 Å². The predicted molar refractivity (Wildman–Crippen MR) is 92.0 cm³/mol. The zero-order chi connectivity index (χ0) is 18.6. The van der Waals surface area contributed by atoms with Crippen molar-refractivity contribution in [2.75, 3.05) is 0 Å². The van der Waals surface area contributed by atoms with Crippen LogP contribution in [0.2, 0.25) is 10.0 Å². The van der Waals surface area contributed by atoms with Crippen LogP contribution in [0.4, 0.5) is 5.69 Å². The highest BCUT2D eigenvalue weighted by Crippen LogP contribution is 2.25. The summed E-state index contributed by atoms with van der Waals surface area (Å²) >= 11 is 11.7. The largest absolute Gasteiger partial charge is 0.481 e. The van der Waals surface area contributed by atoms with E-state index in [1.54, 1.807) is 0 Å². The van der Waals surface area contributed by atoms with Crippen LogP contribution < -0.4 is 5.32 Å². The second-order valence-corrected chi connectivity index (χ2v) is 5.92. The Morgan fingerprint density at radius 3 is 2.48 bits per heavy atom. The molecule has 2 aromatic rings. The van der Waals surface area contributed by atoms with Gasteiger partial charge in [0, 0.05) is 17.7 Å². The van der Waals surface area contributed by atoms with E-state index in [9.17, 15) is 19.7 Å². The first-order chi connectivity index (χ1) is 11.8. The van der Waals surface area contributed by atoms with E-state index in [-0.39, 0.29) is 21.3 Å². The van der Waals surface area contributed by atoms with E-state index in [0.29, 0.717) is 5.56 Å². The molecule has 0 fully saturated rings. The summed E-state index contributed by atoms with van der Waals surface area (Å²) in [5.74, 6) is -1.73. The smallest absolute Gasteiger partial charge is 0.305 e. The number of carboxylic acid groups (broad SMARTS) is 1. The Hall–Kier alpha value is -2.64. The Balaban J connectivity index is 2.29. The third-order valence-corrected chi connectivity index (χ3v) is 4.09. The number of nitrogens with zero attached hydrogens (tertiary/aromatic N) is 1. The van der Waals surface area contributed by atoms with Crippen molar-refractivity contribution in [1.82, 2.24) is 5.32 Å². The minimum Gasteiger partial charge on any atom is -0.481 e. The number of carbonyl (C=O) groups excluding carboxylic acids is 1. The van der Waals surface area contributed by atoms with E-state index in [4.69, 9.17) is 28.3 Å². The van der Waals surface area contributed by atoms with Gasteiger partial charge in [-0.25, -0.2) is 0 Å². The molecule has 0 saturated carbocycles. The van der Waals surface area contributed by atoms with Crippen molar-refractivity contribution >= 4 is 40.8 Å². The molecule has 0 aliphatic carbocycles. The number of benzene rings is 2. The normalized spacial score (nSPS) is 11.6. The van der Waals surface area contributed by atoms with Crippen LogP contribution in [0, 0.1) is 10.1 Å². The van der Waals surface area contributed by atoms with Gasteiger partial charge in [-0.2, -0.15) is 0 Å². The third-order valence-electron chi connectivity index (χ3n) is 3.35. The molecule has 7 nitrogen and oxygen atoms in total. The van der Waals surface area contributed by atoms with Gasteiger partial charge in [0.15, 0.2) is 0 Å². The number of hydrogen-bond acceptors (Lipinski definition) is 4. The maximum atomic E-state index is 12.4. The molecule has 9 heteroatoms. The number of nitro groups is 1. The molecule has 0 aliphatic heterocycles. The van der Waals surface area contributed by atoms with Crippen LogP contribution in [0.15, 0.2) is 42.5 Å². The van der Waals surface area contributed by atoms with Gasteiger partial charge in [-0.3, -0.25) is 19.7 Å². The summed E-state index contributed by atoms with van der Waals surface area (Å²) in [6.07, 6.45) is -0.436. The van der Waals surface area contributed by atoms with Crippen molar-refractivity contribution < 1.29 is 19.6 Å². The molecule has 1 unspecified atom stereocenters. The monoisotopic (exact) mass is 382 g/mol. The van der Waals surface area contributed by atoms with Gasteiger partial charge in [0.1, 0.15) is 0 Å². The number of halogens is 2. The van der Waals surface area contributed by atoms with Crippen LogP contribution in [-0.2, 0) is 4.79 Å². The molecule has 0 radical (unpaired) electrons. The van der Waals surface area contributed by atoms with E-state index >= 15 is 0 Å². The zero-order valence-electron chi connectivity index (χ0n) is 12.6. The summed E-state index contributed by atoms with van der Waals surface area (Å²) in [6.45, 7) is 0. The fraction of sp³-hybridized carbons (Fsp3) is 0.125. The topological polar surface area (TPSA) is 110 Å². The van der Waals surface area contributed by atoms with Gasteiger partial charge in [0.2, 0.25) is 0 Å². The summed E-state index contributed by atoms with van der Waals surface area (Å²) in [5, 5.41) is 23.0. The minimum atomic E-state index is -1.16. The SMILES string of the molecule is O=C(O)CC(NC(=O)c1ccc(Cl)c(Cl)c1)c1cccc([N+](=O)[O-])c1. The lowest BCUT2D eigenvalue weighted by Crippen LogP contribution is -2.30. The Bertz CT molecular complexity index is 841. The van der Waals surface area contributed by atoms with Gasteiger partial charge in [-0.15, -0.1) is 0 Å². The van der Waals surface area contributed by atoms with E-state index in [1.807, 2.05) is 0 Å². The predicted octanol–water partition coefficient (Wildman–Crippen LogP) is 3.85. The highest BCUT2D eigenvalue weighted by Gasteiger charge is 2.21. The Morgan fingerprint density at radius 1 is 1.16 bits per heavy atom. The fourth-order valence-corrected chi connectivity index (χ4v) is 2.46. The maximum Gasteiger partial charge on any atom is 0.305 e. The number of aliphatic carboxylic acids is 1.